The van der Waals surface area contributed by atoms with Gasteiger partial charge in [-0.15, -0.1) is 0 Å². The minimum absolute atomic E-state index is 0.0460. The lowest BCUT2D eigenvalue weighted by Crippen LogP contribution is -2.64. The van der Waals surface area contributed by atoms with E-state index in [1.807, 2.05) is 0 Å². The maximum Gasteiger partial charge on any atom is 0.416 e. The van der Waals surface area contributed by atoms with E-state index in [1.54, 1.807) is 6.92 Å². The van der Waals surface area contributed by atoms with E-state index in [1.165, 1.54) is 5.57 Å². The molecule has 1 spiro atoms. The Balaban J connectivity index is 0.813. The molecule has 5 saturated heterocycles. The van der Waals surface area contributed by atoms with E-state index in [2.05, 4.69) is 33.8 Å². The number of hydrogen-bond donors (Lipinski definition) is 6. The van der Waals surface area contributed by atoms with Crippen molar-refractivity contribution in [3.8, 4) is 0 Å². The quantitative estimate of drug-likeness (QED) is 0.137. The van der Waals surface area contributed by atoms with Crippen LogP contribution in [0.15, 0.2) is 35.9 Å². The van der Waals surface area contributed by atoms with Crippen LogP contribution in [-0.4, -0.2) is 154 Å². The predicted octanol–water partition coefficient (Wildman–Crippen LogP) is 4.77. The Labute approximate surface area is 412 Å². The molecule has 0 aromatic heterocycles. The van der Waals surface area contributed by atoms with Gasteiger partial charge in [-0.05, 0) is 123 Å². The lowest BCUT2D eigenvalue weighted by atomic mass is 9.47. The molecule has 6 N–H and O–H groups in total. The van der Waals surface area contributed by atoms with Crippen LogP contribution in [0.25, 0.3) is 0 Å². The van der Waals surface area contributed by atoms with Gasteiger partial charge in [0, 0.05) is 18.8 Å². The number of halogens is 3. The van der Waals surface area contributed by atoms with Gasteiger partial charge in [0.2, 0.25) is 0 Å². The molecule has 24 atom stereocenters. The molecule has 71 heavy (non-hydrogen) atoms. The number of hydrogen-bond acceptors (Lipinski definition) is 16. The van der Waals surface area contributed by atoms with Gasteiger partial charge < -0.3 is 73.3 Å². The van der Waals surface area contributed by atoms with E-state index < -0.39 is 117 Å². The molecule has 3 saturated carbocycles. The normalized spacial score (nSPS) is 49.7. The van der Waals surface area contributed by atoms with Crippen molar-refractivity contribution in [2.24, 2.45) is 46.3 Å². The number of rotatable bonds is 10. The third-order valence-electron chi connectivity index (χ3n) is 18.9. The first-order chi connectivity index (χ1) is 33.6. The first-order valence-electron chi connectivity index (χ1n) is 25.9. The van der Waals surface area contributed by atoms with Crippen LogP contribution >= 0.6 is 0 Å². The molecule has 1 aromatic rings. The van der Waals surface area contributed by atoms with Crippen LogP contribution in [0.4, 0.5) is 13.2 Å². The van der Waals surface area contributed by atoms with E-state index in [0.717, 1.165) is 75.8 Å². The number of ether oxygens (including phenoxy) is 9. The van der Waals surface area contributed by atoms with Crippen LogP contribution < -0.4 is 0 Å². The SMILES string of the molecule is CC1CCC2(OC1)OC1CC3C4CC=C5CC(OC6OC(CO)C(OC7OC(COC(=O)c8ccc(C(F)(F)F)cc8)C(O)C7O)C(O)C6OC6OC(C)C(O)CC6O)CCC5(C)C4CCC3(C)C1C2C. The summed E-state index contributed by atoms with van der Waals surface area (Å²) in [5.74, 6) is 1.47. The highest BCUT2D eigenvalue weighted by atomic mass is 19.4. The Hall–Kier alpha value is -2.34. The molecule has 9 aliphatic rings. The first-order valence-corrected chi connectivity index (χ1v) is 25.9. The average Bonchev–Trinajstić information content (AvgIpc) is 3.89. The number of allylic oxidation sites excluding steroid dienone is 1. The Bertz CT molecular complexity index is 2090. The van der Waals surface area contributed by atoms with Crippen molar-refractivity contribution in [3.05, 3.63) is 47.0 Å². The average molecular weight is 1010 g/mol. The standard InChI is InChI=1S/C52H73F3O16/c1-24-12-17-51(64-22-24)25(2)39-36(71-51)19-33-31-11-10-29-18-30(13-15-49(29,4)32(31)14-16-50(33,39)5)66-48-44(70-46-35(58)20-34(57)26(3)65-46)42(61)43(37(21-56)67-48)69-47-41(60)40(59)38(68-47)23-63-45(62)27-6-8-28(9-7-27)52(53,54)55/h6-10,24-26,30-44,46-48,56-61H,11-23H2,1-5H3. The van der Waals surface area contributed by atoms with Crippen LogP contribution in [0.2, 0.25) is 0 Å². The lowest BCUT2D eigenvalue weighted by Gasteiger charge is -2.58. The van der Waals surface area contributed by atoms with Crippen LogP contribution in [0, 0.1) is 46.3 Å². The topological polar surface area (TPSA) is 222 Å². The molecular weight excluding hydrogens is 938 g/mol. The van der Waals surface area contributed by atoms with Crippen LogP contribution in [0.5, 0.6) is 0 Å². The third-order valence-corrected chi connectivity index (χ3v) is 18.9. The zero-order valence-electron chi connectivity index (χ0n) is 41.1. The largest absolute Gasteiger partial charge is 0.459 e. The first kappa shape index (κ1) is 52.1. The van der Waals surface area contributed by atoms with Crippen molar-refractivity contribution in [1.82, 2.24) is 0 Å². The fourth-order valence-corrected chi connectivity index (χ4v) is 14.8. The molecule has 24 unspecified atom stereocenters. The Morgan fingerprint density at radius 3 is 2.23 bits per heavy atom. The molecule has 0 radical (unpaired) electrons. The number of esters is 1. The highest BCUT2D eigenvalue weighted by Crippen LogP contribution is 2.71. The number of fused-ring (bicyclic) bond motifs is 7. The van der Waals surface area contributed by atoms with Gasteiger partial charge in [0.25, 0.3) is 0 Å². The summed E-state index contributed by atoms with van der Waals surface area (Å²) in [5, 5.41) is 66.2. The fraction of sp³-hybridized carbons (Fsp3) is 0.827. The molecule has 10 rings (SSSR count). The molecule has 5 aliphatic heterocycles. The minimum atomic E-state index is -4.61. The smallest absolute Gasteiger partial charge is 0.416 e. The van der Waals surface area contributed by atoms with Crippen molar-refractivity contribution in [3.63, 3.8) is 0 Å². The van der Waals surface area contributed by atoms with Crippen molar-refractivity contribution in [2.75, 3.05) is 19.8 Å². The summed E-state index contributed by atoms with van der Waals surface area (Å²) in [6.45, 7) is 10.6. The van der Waals surface area contributed by atoms with E-state index >= 15 is 0 Å². The van der Waals surface area contributed by atoms with Gasteiger partial charge in [-0.2, -0.15) is 13.2 Å². The maximum absolute atomic E-state index is 13.0. The fourth-order valence-electron chi connectivity index (χ4n) is 14.8. The molecule has 16 nitrogen and oxygen atoms in total. The minimum Gasteiger partial charge on any atom is -0.459 e. The summed E-state index contributed by atoms with van der Waals surface area (Å²) in [6.07, 6.45) is -11.9. The molecule has 5 heterocycles. The van der Waals surface area contributed by atoms with Gasteiger partial charge in [-0.25, -0.2) is 4.79 Å². The molecule has 8 fully saturated rings. The van der Waals surface area contributed by atoms with E-state index in [4.69, 9.17) is 42.6 Å². The van der Waals surface area contributed by atoms with E-state index in [0.29, 0.717) is 48.3 Å². The molecule has 1 aromatic carbocycles. The van der Waals surface area contributed by atoms with E-state index in [9.17, 15) is 48.6 Å². The lowest BCUT2D eigenvalue weighted by molar-refractivity contribution is -0.374. The number of aliphatic hydroxyl groups excluding tert-OH is 6. The van der Waals surface area contributed by atoms with Gasteiger partial charge in [0.05, 0.1) is 48.8 Å². The summed E-state index contributed by atoms with van der Waals surface area (Å²) in [4.78, 5) is 12.7. The Kier molecular flexibility index (Phi) is 14.4. The van der Waals surface area contributed by atoms with Crippen molar-refractivity contribution < 1.29 is 91.2 Å². The predicted molar refractivity (Wildman–Crippen MR) is 241 cm³/mol. The molecule has 4 aliphatic carbocycles. The van der Waals surface area contributed by atoms with Crippen molar-refractivity contribution >= 4 is 5.97 Å². The summed E-state index contributed by atoms with van der Waals surface area (Å²) in [7, 11) is 0. The van der Waals surface area contributed by atoms with E-state index in [-0.39, 0.29) is 35.0 Å². The van der Waals surface area contributed by atoms with Crippen molar-refractivity contribution in [1.29, 1.82) is 0 Å². The highest BCUT2D eigenvalue weighted by Gasteiger charge is 2.69. The Morgan fingerprint density at radius 1 is 0.789 bits per heavy atom. The van der Waals surface area contributed by atoms with Crippen LogP contribution in [0.1, 0.15) is 115 Å². The zero-order chi connectivity index (χ0) is 50.5. The molecular formula is C52H73F3O16. The molecule has 0 amide bonds. The van der Waals surface area contributed by atoms with Gasteiger partial charge in [-0.3, -0.25) is 0 Å². The highest BCUT2D eigenvalue weighted by molar-refractivity contribution is 5.89. The molecule has 398 valence electrons. The summed E-state index contributed by atoms with van der Waals surface area (Å²) in [5.41, 5.74) is 0.311. The summed E-state index contributed by atoms with van der Waals surface area (Å²) in [6, 6.07) is 3.35. The van der Waals surface area contributed by atoms with Crippen molar-refractivity contribution in [2.45, 2.75) is 203 Å². The zero-order valence-corrected chi connectivity index (χ0v) is 41.1. The number of alkyl halides is 3. The second-order valence-electron chi connectivity index (χ2n) is 23.0. The van der Waals surface area contributed by atoms with Gasteiger partial charge >= 0.3 is 12.1 Å². The number of carbonyl (C=O) groups is 1. The second kappa shape index (κ2) is 19.7. The Morgan fingerprint density at radius 2 is 1.52 bits per heavy atom. The number of benzene rings is 1. The monoisotopic (exact) mass is 1010 g/mol. The summed E-state index contributed by atoms with van der Waals surface area (Å²) < 4.78 is 95.0. The van der Waals surface area contributed by atoms with Gasteiger partial charge in [0.15, 0.2) is 24.7 Å². The summed E-state index contributed by atoms with van der Waals surface area (Å²) >= 11 is 0. The van der Waals surface area contributed by atoms with Gasteiger partial charge in [0.1, 0.15) is 55.4 Å². The second-order valence-corrected chi connectivity index (χ2v) is 23.0. The third kappa shape index (κ3) is 9.35. The molecule has 0 bridgehead atoms. The molecule has 19 heteroatoms. The number of aliphatic hydroxyl groups is 6. The van der Waals surface area contributed by atoms with Gasteiger partial charge in [-0.1, -0.05) is 39.3 Å². The maximum atomic E-state index is 13.0. The number of carbonyl (C=O) groups excluding carboxylic acids is 1. The van der Waals surface area contributed by atoms with Crippen LogP contribution in [-0.2, 0) is 48.8 Å². The van der Waals surface area contributed by atoms with Crippen LogP contribution in [0.3, 0.4) is 0 Å².